The monoisotopic (exact) mass is 150 g/mol. The van der Waals surface area contributed by atoms with Crippen LogP contribution in [-0.2, 0) is 9.74 Å². The van der Waals surface area contributed by atoms with Gasteiger partial charge in [-0.1, -0.05) is 0 Å². The minimum Gasteiger partial charge on any atom is -0.352 e. The van der Waals surface area contributed by atoms with Gasteiger partial charge in [-0.15, -0.1) is 0 Å². The van der Waals surface area contributed by atoms with E-state index < -0.39 is 18.0 Å². The predicted octanol–water partition coefficient (Wildman–Crippen LogP) is -0.529. The molecule has 0 radical (unpaired) electrons. The average Bonchev–Trinajstić information content (AvgIpc) is 1.85. The van der Waals surface area contributed by atoms with Gasteiger partial charge in [-0.2, -0.15) is 0 Å². The second-order valence-electron chi connectivity index (χ2n) is 1.63. The third-order valence-corrected chi connectivity index (χ3v) is 0.788. The van der Waals surface area contributed by atoms with Crippen LogP contribution in [0.25, 0.3) is 0 Å². The number of nitrogens with one attached hydrogen (secondary N) is 1. The van der Waals surface area contributed by atoms with Gasteiger partial charge in [0, 0.05) is 4.53 Å². The average molecular weight is 150 g/mol. The molecule has 5 nitrogen and oxygen atoms in total. The van der Waals surface area contributed by atoms with Crippen LogP contribution in [0, 0.1) is 0 Å². The zero-order chi connectivity index (χ0) is 8.15. The molecule has 0 saturated carbocycles. The second-order valence-corrected chi connectivity index (χ2v) is 1.63. The first-order valence-corrected chi connectivity index (χ1v) is 2.46. The lowest BCUT2D eigenvalue weighted by Crippen LogP contribution is -2.41. The van der Waals surface area contributed by atoms with Gasteiger partial charge in [0.1, 0.15) is 6.04 Å². The van der Waals surface area contributed by atoms with Crippen molar-refractivity contribution in [3.8, 4) is 0 Å². The van der Waals surface area contributed by atoms with Crippen LogP contribution in [0.1, 0.15) is 6.92 Å². The van der Waals surface area contributed by atoms with E-state index in [0.29, 0.717) is 0 Å². The summed E-state index contributed by atoms with van der Waals surface area (Å²) in [5.74, 6) is -1.18. The van der Waals surface area contributed by atoms with E-state index in [2.05, 4.69) is 10.7 Å². The van der Waals surface area contributed by atoms with E-state index in [0.717, 1.165) is 0 Å². The predicted molar refractivity (Wildman–Crippen MR) is 29.4 cm³/mol. The summed E-state index contributed by atoms with van der Waals surface area (Å²) >= 11 is 0. The van der Waals surface area contributed by atoms with Gasteiger partial charge in [0.2, 0.25) is 0 Å². The Balaban J connectivity index is 3.72. The van der Waals surface area contributed by atoms with Crippen molar-refractivity contribution in [2.24, 2.45) is 5.73 Å². The lowest BCUT2D eigenvalue weighted by Gasteiger charge is -2.05. The van der Waals surface area contributed by atoms with Crippen molar-refractivity contribution < 1.29 is 19.1 Å². The highest BCUT2D eigenvalue weighted by molar-refractivity contribution is 5.81. The van der Waals surface area contributed by atoms with E-state index in [1.54, 1.807) is 0 Å². The SMILES string of the molecule is CC(NC(N)=O)C(=O)OF. The molecule has 0 aromatic heterocycles. The van der Waals surface area contributed by atoms with Crippen LogP contribution < -0.4 is 11.1 Å². The van der Waals surface area contributed by atoms with E-state index in [9.17, 15) is 14.1 Å². The van der Waals surface area contributed by atoms with Gasteiger partial charge in [-0.25, -0.2) is 9.59 Å². The van der Waals surface area contributed by atoms with Crippen LogP contribution in [0.2, 0.25) is 0 Å². The smallest absolute Gasteiger partial charge is 0.352 e. The Morgan fingerprint density at radius 3 is 2.50 bits per heavy atom. The molecule has 0 aliphatic rings. The van der Waals surface area contributed by atoms with E-state index in [1.807, 2.05) is 5.32 Å². The molecule has 1 atom stereocenters. The molecule has 1 unspecified atom stereocenters. The minimum atomic E-state index is -1.18. The van der Waals surface area contributed by atoms with Crippen LogP contribution in [-0.4, -0.2) is 18.0 Å². The largest absolute Gasteiger partial charge is 0.370 e. The minimum absolute atomic E-state index is 0.905. The molecule has 0 aromatic rings. The Morgan fingerprint density at radius 2 is 2.20 bits per heavy atom. The fraction of sp³-hybridized carbons (Fsp3) is 0.500. The molecule has 0 spiro atoms. The van der Waals surface area contributed by atoms with Crippen LogP contribution in [0.15, 0.2) is 0 Å². The van der Waals surface area contributed by atoms with Gasteiger partial charge in [0.25, 0.3) is 0 Å². The Morgan fingerprint density at radius 1 is 1.70 bits per heavy atom. The molecule has 10 heavy (non-hydrogen) atoms. The van der Waals surface area contributed by atoms with Gasteiger partial charge >= 0.3 is 12.0 Å². The van der Waals surface area contributed by atoms with Crippen molar-refractivity contribution >= 4 is 12.0 Å². The normalized spacial score (nSPS) is 11.8. The lowest BCUT2D eigenvalue weighted by molar-refractivity contribution is -0.185. The molecule has 3 N–H and O–H groups in total. The van der Waals surface area contributed by atoms with Gasteiger partial charge in [-0.3, -0.25) is 4.94 Å². The zero-order valence-electron chi connectivity index (χ0n) is 5.26. The Labute approximate surface area is 56.2 Å². The number of hydrogen-bond acceptors (Lipinski definition) is 3. The van der Waals surface area contributed by atoms with Crippen LogP contribution in [0.3, 0.4) is 0 Å². The summed E-state index contributed by atoms with van der Waals surface area (Å²) in [6.07, 6.45) is 0. The summed E-state index contributed by atoms with van der Waals surface area (Å²) in [5.41, 5.74) is 4.61. The maximum atomic E-state index is 11.0. The van der Waals surface area contributed by atoms with Crippen LogP contribution >= 0.6 is 0 Å². The number of nitrogens with two attached hydrogens (primary N) is 1. The van der Waals surface area contributed by atoms with Crippen molar-refractivity contribution in [2.45, 2.75) is 13.0 Å². The van der Waals surface area contributed by atoms with E-state index in [4.69, 9.17) is 0 Å². The summed E-state index contributed by atoms with van der Waals surface area (Å²) in [4.78, 5) is 23.0. The maximum Gasteiger partial charge on any atom is 0.370 e. The molecule has 0 bridgehead atoms. The second kappa shape index (κ2) is 3.65. The van der Waals surface area contributed by atoms with Crippen molar-refractivity contribution in [3.05, 3.63) is 0 Å². The highest BCUT2D eigenvalue weighted by Gasteiger charge is 2.15. The summed E-state index contributed by atoms with van der Waals surface area (Å²) in [7, 11) is 0. The lowest BCUT2D eigenvalue weighted by atomic mass is 10.3. The summed E-state index contributed by atoms with van der Waals surface area (Å²) in [6.45, 7) is 1.24. The van der Waals surface area contributed by atoms with Gasteiger partial charge in [0.15, 0.2) is 0 Å². The summed E-state index contributed by atoms with van der Waals surface area (Å²) in [5, 5.41) is 1.92. The van der Waals surface area contributed by atoms with E-state index >= 15 is 0 Å². The van der Waals surface area contributed by atoms with Crippen molar-refractivity contribution in [1.82, 2.24) is 5.32 Å². The number of carbonyl (C=O) groups excluding carboxylic acids is 2. The quantitative estimate of drug-likeness (QED) is 0.555. The summed E-state index contributed by atoms with van der Waals surface area (Å²) < 4.78 is 11.0. The van der Waals surface area contributed by atoms with E-state index in [1.165, 1.54) is 6.92 Å². The molecule has 58 valence electrons. The molecule has 0 heterocycles. The van der Waals surface area contributed by atoms with Gasteiger partial charge in [-0.05, 0) is 6.92 Å². The molecule has 0 saturated heterocycles. The maximum absolute atomic E-state index is 11.0. The number of rotatable bonds is 2. The highest BCUT2D eigenvalue weighted by Crippen LogP contribution is 1.86. The molecule has 0 aliphatic carbocycles. The number of carbonyl (C=O) groups is 2. The Hall–Kier alpha value is -1.33. The van der Waals surface area contributed by atoms with Gasteiger partial charge < -0.3 is 11.1 Å². The first-order valence-electron chi connectivity index (χ1n) is 2.46. The topological polar surface area (TPSA) is 81.4 Å². The molecule has 0 fully saturated rings. The summed E-state index contributed by atoms with van der Waals surface area (Å²) in [6, 6.07) is -1.96. The first-order chi connectivity index (χ1) is 4.57. The van der Waals surface area contributed by atoms with E-state index in [-0.39, 0.29) is 0 Å². The molecular formula is C4H7FN2O3. The standard InChI is InChI=1S/C4H7FN2O3/c1-2(3(8)10-5)7-4(6)9/h2H,1H3,(H3,6,7,9). The van der Waals surface area contributed by atoms with Crippen LogP contribution in [0.5, 0.6) is 0 Å². The number of halogens is 1. The van der Waals surface area contributed by atoms with Crippen molar-refractivity contribution in [2.75, 3.05) is 0 Å². The molecule has 6 heteroatoms. The number of amides is 2. The Bertz CT molecular complexity index is 149. The molecule has 0 aliphatic heterocycles. The number of urea groups is 1. The highest BCUT2D eigenvalue weighted by atomic mass is 19.3. The third kappa shape index (κ3) is 2.85. The molecule has 2 amide bonds. The molecule has 0 aromatic carbocycles. The molecular weight excluding hydrogens is 143 g/mol. The number of hydrogen-bond donors (Lipinski definition) is 2. The van der Waals surface area contributed by atoms with Crippen molar-refractivity contribution in [3.63, 3.8) is 0 Å². The molecule has 0 rings (SSSR count). The first kappa shape index (κ1) is 8.67. The zero-order valence-corrected chi connectivity index (χ0v) is 5.26. The van der Waals surface area contributed by atoms with Crippen molar-refractivity contribution in [1.29, 1.82) is 0 Å². The fourth-order valence-corrected chi connectivity index (χ4v) is 0.339. The fourth-order valence-electron chi connectivity index (χ4n) is 0.339. The number of primary amides is 1. The third-order valence-electron chi connectivity index (χ3n) is 0.788. The van der Waals surface area contributed by atoms with Gasteiger partial charge in [0.05, 0.1) is 0 Å². The Kier molecular flexibility index (Phi) is 3.16. The van der Waals surface area contributed by atoms with Crippen LogP contribution in [0.4, 0.5) is 9.32 Å².